The highest BCUT2D eigenvalue weighted by atomic mass is 127. The Kier molecular flexibility index (Phi) is 11.7. The first-order valence-corrected chi connectivity index (χ1v) is 11.7. The van der Waals surface area contributed by atoms with Crippen LogP contribution in [0.3, 0.4) is 0 Å². The molecular weight excluding hydrogens is 507 g/mol. The molecule has 0 spiro atoms. The minimum absolute atomic E-state index is 0. The molecular formula is C19H33IN4O4S. The van der Waals surface area contributed by atoms with Gasteiger partial charge in [-0.3, -0.25) is 4.99 Å². The molecule has 0 aromatic heterocycles. The van der Waals surface area contributed by atoms with Crippen molar-refractivity contribution in [1.29, 1.82) is 0 Å². The third kappa shape index (κ3) is 9.39. The first kappa shape index (κ1) is 25.8. The summed E-state index contributed by atoms with van der Waals surface area (Å²) in [5.41, 5.74) is 1.20. The number of hydrogen-bond acceptors (Lipinski definition) is 6. The van der Waals surface area contributed by atoms with Gasteiger partial charge in [-0.2, -0.15) is 0 Å². The van der Waals surface area contributed by atoms with Gasteiger partial charge in [0.05, 0.1) is 32.6 Å². The number of hydrogen-bond donors (Lipinski definition) is 1. The maximum absolute atomic E-state index is 11.1. The second-order valence-corrected chi connectivity index (χ2v) is 8.91. The number of ether oxygens (including phenoxy) is 2. The predicted octanol–water partition coefficient (Wildman–Crippen LogP) is 1.46. The zero-order valence-electron chi connectivity index (χ0n) is 17.5. The molecule has 29 heavy (non-hydrogen) atoms. The van der Waals surface area contributed by atoms with E-state index in [0.29, 0.717) is 13.2 Å². The Balaban J connectivity index is 0.00000420. The van der Waals surface area contributed by atoms with Crippen LogP contribution in [-0.4, -0.2) is 90.9 Å². The maximum atomic E-state index is 11.1. The van der Waals surface area contributed by atoms with Gasteiger partial charge in [0.25, 0.3) is 0 Å². The van der Waals surface area contributed by atoms with Crippen molar-refractivity contribution >= 4 is 45.5 Å². The van der Waals surface area contributed by atoms with Crippen molar-refractivity contribution in [3.63, 3.8) is 0 Å². The van der Waals surface area contributed by atoms with Crippen molar-refractivity contribution < 1.29 is 17.9 Å². The molecule has 1 aromatic rings. The van der Waals surface area contributed by atoms with Crippen LogP contribution in [0.25, 0.3) is 0 Å². The first-order chi connectivity index (χ1) is 13.4. The van der Waals surface area contributed by atoms with E-state index in [0.717, 1.165) is 44.4 Å². The highest BCUT2D eigenvalue weighted by molar-refractivity contribution is 14.0. The van der Waals surface area contributed by atoms with Crippen molar-refractivity contribution in [3.8, 4) is 5.75 Å². The molecule has 0 bridgehead atoms. The van der Waals surface area contributed by atoms with Gasteiger partial charge in [0.1, 0.15) is 15.6 Å². The Morgan fingerprint density at radius 2 is 1.79 bits per heavy atom. The summed E-state index contributed by atoms with van der Waals surface area (Å²) < 4.78 is 32.8. The summed E-state index contributed by atoms with van der Waals surface area (Å²) in [4.78, 5) is 9.22. The van der Waals surface area contributed by atoms with Crippen molar-refractivity contribution in [2.45, 2.75) is 6.92 Å². The standard InChI is InChI=1S/C19H32N4O4S.HI/c1-4-20-19(21-9-14-27-15-16-28(3,24)25)23-12-10-22(11-13-23)17-5-7-18(26-2)8-6-17;/h5-8H,4,9-16H2,1-3H3,(H,20,21);1H. The molecule has 0 radical (unpaired) electrons. The smallest absolute Gasteiger partial charge is 0.194 e. The summed E-state index contributed by atoms with van der Waals surface area (Å²) in [6, 6.07) is 8.14. The van der Waals surface area contributed by atoms with Gasteiger partial charge in [0, 0.05) is 44.7 Å². The van der Waals surface area contributed by atoms with Gasteiger partial charge < -0.3 is 24.6 Å². The Bertz CT molecular complexity index is 720. The highest BCUT2D eigenvalue weighted by Crippen LogP contribution is 2.20. The average Bonchev–Trinajstić information content (AvgIpc) is 2.69. The van der Waals surface area contributed by atoms with E-state index in [2.05, 4.69) is 32.2 Å². The highest BCUT2D eigenvalue weighted by Gasteiger charge is 2.19. The van der Waals surface area contributed by atoms with E-state index in [1.807, 2.05) is 19.1 Å². The maximum Gasteiger partial charge on any atom is 0.194 e. The molecule has 2 rings (SSSR count). The third-order valence-electron chi connectivity index (χ3n) is 4.45. The Morgan fingerprint density at radius 3 is 2.34 bits per heavy atom. The van der Waals surface area contributed by atoms with Gasteiger partial charge in [-0.05, 0) is 31.2 Å². The number of nitrogens with one attached hydrogen (secondary N) is 1. The second kappa shape index (κ2) is 13.1. The number of aliphatic imine (C=N–C) groups is 1. The van der Waals surface area contributed by atoms with Crippen molar-refractivity contribution in [1.82, 2.24) is 10.2 Å². The number of halogens is 1. The van der Waals surface area contributed by atoms with Gasteiger partial charge >= 0.3 is 0 Å². The molecule has 1 aromatic carbocycles. The number of guanidine groups is 1. The average molecular weight is 540 g/mol. The fourth-order valence-corrected chi connectivity index (χ4v) is 3.34. The van der Waals surface area contributed by atoms with Crippen molar-refractivity contribution in [3.05, 3.63) is 24.3 Å². The molecule has 1 N–H and O–H groups in total. The van der Waals surface area contributed by atoms with E-state index in [9.17, 15) is 8.42 Å². The molecule has 10 heteroatoms. The van der Waals surface area contributed by atoms with Gasteiger partial charge in [-0.25, -0.2) is 8.42 Å². The Labute approximate surface area is 191 Å². The lowest BCUT2D eigenvalue weighted by molar-refractivity contribution is 0.157. The molecule has 166 valence electrons. The topological polar surface area (TPSA) is 83.5 Å². The van der Waals surface area contributed by atoms with E-state index in [1.54, 1.807) is 7.11 Å². The Hall–Kier alpha value is -1.27. The monoisotopic (exact) mass is 540 g/mol. The van der Waals surface area contributed by atoms with Crippen molar-refractivity contribution in [2.75, 3.05) is 76.5 Å². The predicted molar refractivity (Wildman–Crippen MR) is 129 cm³/mol. The van der Waals surface area contributed by atoms with E-state index < -0.39 is 9.84 Å². The van der Waals surface area contributed by atoms with Crippen LogP contribution < -0.4 is 15.0 Å². The van der Waals surface area contributed by atoms with E-state index in [-0.39, 0.29) is 36.3 Å². The van der Waals surface area contributed by atoms with Gasteiger partial charge in [-0.1, -0.05) is 0 Å². The molecule has 0 atom stereocenters. The Morgan fingerprint density at radius 1 is 1.14 bits per heavy atom. The van der Waals surface area contributed by atoms with Crippen LogP contribution in [0.1, 0.15) is 6.92 Å². The largest absolute Gasteiger partial charge is 0.497 e. The van der Waals surface area contributed by atoms with Crippen LogP contribution in [0.4, 0.5) is 5.69 Å². The second-order valence-electron chi connectivity index (χ2n) is 6.65. The number of methoxy groups -OCH3 is 1. The molecule has 8 nitrogen and oxygen atoms in total. The molecule has 0 amide bonds. The summed E-state index contributed by atoms with van der Waals surface area (Å²) in [6.07, 6.45) is 1.21. The zero-order chi connectivity index (χ0) is 20.4. The summed E-state index contributed by atoms with van der Waals surface area (Å²) in [7, 11) is -1.31. The van der Waals surface area contributed by atoms with Gasteiger partial charge in [0.15, 0.2) is 5.96 Å². The summed E-state index contributed by atoms with van der Waals surface area (Å²) >= 11 is 0. The molecule has 1 heterocycles. The van der Waals surface area contributed by atoms with Gasteiger partial charge in [0.2, 0.25) is 0 Å². The lowest BCUT2D eigenvalue weighted by atomic mass is 10.2. The lowest BCUT2D eigenvalue weighted by Gasteiger charge is -2.37. The van der Waals surface area contributed by atoms with Crippen LogP contribution in [0.5, 0.6) is 5.75 Å². The number of sulfone groups is 1. The minimum atomic E-state index is -2.98. The molecule has 1 aliphatic heterocycles. The van der Waals surface area contributed by atoms with Crippen LogP contribution in [0, 0.1) is 0 Å². The molecule has 1 fully saturated rings. The van der Waals surface area contributed by atoms with E-state index in [4.69, 9.17) is 9.47 Å². The summed E-state index contributed by atoms with van der Waals surface area (Å²) in [5.74, 6) is 1.79. The van der Waals surface area contributed by atoms with E-state index >= 15 is 0 Å². The third-order valence-corrected chi connectivity index (χ3v) is 5.36. The number of nitrogens with zero attached hydrogens (tertiary/aromatic N) is 3. The molecule has 0 aliphatic carbocycles. The van der Waals surface area contributed by atoms with Crippen LogP contribution in [0.15, 0.2) is 29.3 Å². The first-order valence-electron chi connectivity index (χ1n) is 9.60. The molecule has 0 saturated carbocycles. The number of rotatable bonds is 9. The molecule has 1 aliphatic rings. The molecule has 1 saturated heterocycles. The van der Waals surface area contributed by atoms with E-state index in [1.165, 1.54) is 11.9 Å². The minimum Gasteiger partial charge on any atom is -0.497 e. The van der Waals surface area contributed by atoms with Crippen molar-refractivity contribution in [2.24, 2.45) is 4.99 Å². The normalized spacial score (nSPS) is 15.1. The fourth-order valence-electron chi connectivity index (χ4n) is 2.92. The SMILES string of the molecule is CCNC(=NCCOCCS(C)(=O)=O)N1CCN(c2ccc(OC)cc2)CC1.I. The fraction of sp³-hybridized carbons (Fsp3) is 0.632. The zero-order valence-corrected chi connectivity index (χ0v) is 20.6. The number of anilines is 1. The number of benzene rings is 1. The summed E-state index contributed by atoms with van der Waals surface area (Å²) in [5, 5.41) is 3.33. The summed E-state index contributed by atoms with van der Waals surface area (Å²) in [6.45, 7) is 7.58. The van der Waals surface area contributed by atoms with Crippen LogP contribution in [0.2, 0.25) is 0 Å². The lowest BCUT2D eigenvalue weighted by Crippen LogP contribution is -2.52. The quantitative estimate of drug-likeness (QED) is 0.220. The van der Waals surface area contributed by atoms with Gasteiger partial charge in [-0.15, -0.1) is 24.0 Å². The van der Waals surface area contributed by atoms with Crippen LogP contribution >= 0.6 is 24.0 Å². The number of piperazine rings is 1. The molecule has 0 unspecified atom stereocenters. The van der Waals surface area contributed by atoms with Crippen LogP contribution in [-0.2, 0) is 14.6 Å².